The van der Waals surface area contributed by atoms with Crippen LogP contribution in [-0.2, 0) is 4.79 Å². The molecule has 2 aliphatic rings. The van der Waals surface area contributed by atoms with E-state index in [1.807, 2.05) is 13.0 Å². The number of halogens is 1. The Labute approximate surface area is 135 Å². The SMILES string of the molecule is Cc1cc(F)ccc1N1CCCC(NC(=O)C2CC(O)CN2)C1. The number of β-amino-alcohol motifs (C(OH)–C–C–N with tert-alkyl or cyclic N) is 1. The van der Waals surface area contributed by atoms with Crippen LogP contribution in [0.2, 0.25) is 0 Å². The van der Waals surface area contributed by atoms with Crippen LogP contribution in [-0.4, -0.2) is 48.8 Å². The van der Waals surface area contributed by atoms with Gasteiger partial charge in [-0.2, -0.15) is 0 Å². The van der Waals surface area contributed by atoms with Crippen molar-refractivity contribution < 1.29 is 14.3 Å². The first-order valence-corrected chi connectivity index (χ1v) is 8.26. The number of carbonyl (C=O) groups excluding carboxylic acids is 1. The highest BCUT2D eigenvalue weighted by atomic mass is 19.1. The second-order valence-electron chi connectivity index (χ2n) is 6.57. The number of anilines is 1. The first kappa shape index (κ1) is 16.2. The van der Waals surface area contributed by atoms with Crippen molar-refractivity contribution in [3.63, 3.8) is 0 Å². The maximum atomic E-state index is 13.3. The summed E-state index contributed by atoms with van der Waals surface area (Å²) in [5, 5.41) is 15.6. The van der Waals surface area contributed by atoms with Gasteiger partial charge in [-0.1, -0.05) is 0 Å². The third-order valence-electron chi connectivity index (χ3n) is 4.69. The van der Waals surface area contributed by atoms with E-state index in [0.717, 1.165) is 37.2 Å². The Kier molecular flexibility index (Phi) is 4.82. The first-order valence-electron chi connectivity index (χ1n) is 8.26. The molecule has 1 aromatic rings. The number of benzene rings is 1. The number of hydrogen-bond donors (Lipinski definition) is 3. The van der Waals surface area contributed by atoms with Gasteiger partial charge in [0.2, 0.25) is 5.91 Å². The van der Waals surface area contributed by atoms with E-state index in [4.69, 9.17) is 0 Å². The summed E-state index contributed by atoms with van der Waals surface area (Å²) in [5.74, 6) is -0.261. The number of aryl methyl sites for hydroxylation is 1. The lowest BCUT2D eigenvalue weighted by atomic mass is 10.0. The zero-order valence-corrected chi connectivity index (χ0v) is 13.4. The van der Waals surface area contributed by atoms with Crippen molar-refractivity contribution in [1.29, 1.82) is 0 Å². The second-order valence-corrected chi connectivity index (χ2v) is 6.57. The molecule has 23 heavy (non-hydrogen) atoms. The maximum Gasteiger partial charge on any atom is 0.237 e. The molecule has 3 N–H and O–H groups in total. The molecule has 5 nitrogen and oxygen atoms in total. The second kappa shape index (κ2) is 6.84. The summed E-state index contributed by atoms with van der Waals surface area (Å²) >= 11 is 0. The normalized spacial score (nSPS) is 28.0. The van der Waals surface area contributed by atoms with Crippen molar-refractivity contribution in [3.8, 4) is 0 Å². The number of nitrogens with one attached hydrogen (secondary N) is 2. The summed E-state index contributed by atoms with van der Waals surface area (Å²) in [4.78, 5) is 14.5. The highest BCUT2D eigenvalue weighted by molar-refractivity contribution is 5.82. The van der Waals surface area contributed by atoms with Gasteiger partial charge < -0.3 is 20.6 Å². The predicted octanol–water partition coefficient (Wildman–Crippen LogP) is 0.942. The van der Waals surface area contributed by atoms with Crippen LogP contribution in [0.5, 0.6) is 0 Å². The van der Waals surface area contributed by atoms with Crippen LogP contribution in [0.15, 0.2) is 18.2 Å². The molecule has 126 valence electrons. The van der Waals surface area contributed by atoms with Gasteiger partial charge in [-0.3, -0.25) is 4.79 Å². The fraction of sp³-hybridized carbons (Fsp3) is 0.588. The molecule has 3 atom stereocenters. The minimum absolute atomic E-state index is 0.0378. The monoisotopic (exact) mass is 321 g/mol. The van der Waals surface area contributed by atoms with Crippen LogP contribution in [0, 0.1) is 12.7 Å². The number of amides is 1. The van der Waals surface area contributed by atoms with Crippen LogP contribution in [0.25, 0.3) is 0 Å². The molecule has 6 heteroatoms. The van der Waals surface area contributed by atoms with E-state index in [2.05, 4.69) is 15.5 Å². The Morgan fingerprint density at radius 1 is 1.48 bits per heavy atom. The molecule has 0 aromatic heterocycles. The highest BCUT2D eigenvalue weighted by Crippen LogP contribution is 2.24. The molecule has 2 aliphatic heterocycles. The van der Waals surface area contributed by atoms with Crippen molar-refractivity contribution in [2.75, 3.05) is 24.5 Å². The Morgan fingerprint density at radius 3 is 3.00 bits per heavy atom. The number of piperidine rings is 1. The van der Waals surface area contributed by atoms with Gasteiger partial charge in [-0.15, -0.1) is 0 Å². The van der Waals surface area contributed by atoms with Gasteiger partial charge in [0, 0.05) is 31.4 Å². The summed E-state index contributed by atoms with van der Waals surface area (Å²) in [6, 6.07) is 4.62. The van der Waals surface area contributed by atoms with Gasteiger partial charge in [0.15, 0.2) is 0 Å². The molecule has 2 fully saturated rings. The molecule has 1 amide bonds. The van der Waals surface area contributed by atoms with Crippen LogP contribution in [0.4, 0.5) is 10.1 Å². The summed E-state index contributed by atoms with van der Waals surface area (Å²) in [6.45, 7) is 4.03. The largest absolute Gasteiger partial charge is 0.392 e. The molecule has 3 rings (SSSR count). The van der Waals surface area contributed by atoms with Gasteiger partial charge in [0.05, 0.1) is 12.1 Å². The smallest absolute Gasteiger partial charge is 0.237 e. The minimum Gasteiger partial charge on any atom is -0.392 e. The molecule has 2 saturated heterocycles. The molecular formula is C17H24FN3O2. The van der Waals surface area contributed by atoms with Gasteiger partial charge >= 0.3 is 0 Å². The molecule has 0 saturated carbocycles. The van der Waals surface area contributed by atoms with Crippen molar-refractivity contribution in [2.45, 2.75) is 44.4 Å². The topological polar surface area (TPSA) is 64.6 Å². The number of carbonyl (C=O) groups is 1. The summed E-state index contributed by atoms with van der Waals surface area (Å²) in [5.41, 5.74) is 1.94. The van der Waals surface area contributed by atoms with E-state index in [9.17, 15) is 14.3 Å². The summed E-state index contributed by atoms with van der Waals surface area (Å²) in [7, 11) is 0. The predicted molar refractivity (Wildman–Crippen MR) is 86.9 cm³/mol. The molecule has 2 heterocycles. The zero-order valence-electron chi connectivity index (χ0n) is 13.4. The van der Waals surface area contributed by atoms with E-state index in [1.165, 1.54) is 6.07 Å². The maximum absolute atomic E-state index is 13.3. The van der Waals surface area contributed by atoms with Crippen LogP contribution in [0.3, 0.4) is 0 Å². The molecule has 0 radical (unpaired) electrons. The average molecular weight is 321 g/mol. The number of rotatable bonds is 3. The number of aliphatic hydroxyl groups excluding tert-OH is 1. The molecule has 3 unspecified atom stereocenters. The van der Waals surface area contributed by atoms with Gasteiger partial charge in [0.25, 0.3) is 0 Å². The third kappa shape index (κ3) is 3.82. The van der Waals surface area contributed by atoms with Gasteiger partial charge in [0.1, 0.15) is 5.82 Å². The lowest BCUT2D eigenvalue weighted by Crippen LogP contribution is -2.52. The van der Waals surface area contributed by atoms with E-state index < -0.39 is 6.10 Å². The fourth-order valence-corrected chi connectivity index (χ4v) is 3.51. The van der Waals surface area contributed by atoms with Gasteiger partial charge in [-0.25, -0.2) is 4.39 Å². The first-order chi connectivity index (χ1) is 11.0. The molecule has 0 spiro atoms. The molecule has 0 bridgehead atoms. The molecule has 1 aromatic carbocycles. The number of nitrogens with zero attached hydrogens (tertiary/aromatic N) is 1. The number of hydrogen-bond acceptors (Lipinski definition) is 4. The van der Waals surface area contributed by atoms with E-state index in [-0.39, 0.29) is 23.8 Å². The third-order valence-corrected chi connectivity index (χ3v) is 4.69. The van der Waals surface area contributed by atoms with Crippen LogP contribution < -0.4 is 15.5 Å². The van der Waals surface area contributed by atoms with Crippen molar-refractivity contribution in [3.05, 3.63) is 29.6 Å². The summed E-state index contributed by atoms with van der Waals surface area (Å²) in [6.07, 6.45) is 1.97. The minimum atomic E-state index is -0.435. The summed E-state index contributed by atoms with van der Waals surface area (Å²) < 4.78 is 13.3. The van der Waals surface area contributed by atoms with E-state index >= 15 is 0 Å². The quantitative estimate of drug-likeness (QED) is 0.775. The van der Waals surface area contributed by atoms with Crippen molar-refractivity contribution >= 4 is 11.6 Å². The molecule has 0 aliphatic carbocycles. The molecular weight excluding hydrogens is 297 g/mol. The van der Waals surface area contributed by atoms with Crippen molar-refractivity contribution in [1.82, 2.24) is 10.6 Å². The lowest BCUT2D eigenvalue weighted by Gasteiger charge is -2.36. The Bertz CT molecular complexity index is 581. The Hall–Kier alpha value is -1.66. The lowest BCUT2D eigenvalue weighted by molar-refractivity contribution is -0.123. The Morgan fingerprint density at radius 2 is 2.30 bits per heavy atom. The Balaban J connectivity index is 1.61. The highest BCUT2D eigenvalue weighted by Gasteiger charge is 2.30. The van der Waals surface area contributed by atoms with E-state index in [0.29, 0.717) is 13.0 Å². The number of aliphatic hydroxyl groups is 1. The zero-order chi connectivity index (χ0) is 16.4. The van der Waals surface area contributed by atoms with Crippen molar-refractivity contribution in [2.24, 2.45) is 0 Å². The van der Waals surface area contributed by atoms with E-state index in [1.54, 1.807) is 6.07 Å². The average Bonchev–Trinajstić information content (AvgIpc) is 2.94. The van der Waals surface area contributed by atoms with Gasteiger partial charge in [-0.05, 0) is 49.9 Å². The standard InChI is InChI=1S/C17H24FN3O2/c1-11-7-12(18)4-5-16(11)21-6-2-3-13(10-21)20-17(23)15-8-14(22)9-19-15/h4-5,7,13-15,19,22H,2-3,6,8-10H2,1H3,(H,20,23). The van der Waals surface area contributed by atoms with Crippen LogP contribution >= 0.6 is 0 Å². The van der Waals surface area contributed by atoms with Crippen LogP contribution in [0.1, 0.15) is 24.8 Å². The fourth-order valence-electron chi connectivity index (χ4n) is 3.51.